The van der Waals surface area contributed by atoms with Gasteiger partial charge in [-0.2, -0.15) is 0 Å². The molecule has 0 fully saturated rings. The minimum Gasteiger partial charge on any atom is -0.296 e. The summed E-state index contributed by atoms with van der Waals surface area (Å²) in [7, 11) is 0. The van der Waals surface area contributed by atoms with Gasteiger partial charge in [0.25, 0.3) is 5.56 Å². The van der Waals surface area contributed by atoms with E-state index < -0.39 is 0 Å². The predicted octanol–water partition coefficient (Wildman–Crippen LogP) is 2.20. The first-order valence-electron chi connectivity index (χ1n) is 4.78. The molecule has 1 rings (SSSR count). The molecule has 1 aromatic rings. The quantitative estimate of drug-likeness (QED) is 0.803. The molecular formula is C10H15IN2O. The van der Waals surface area contributed by atoms with Crippen molar-refractivity contribution in [1.29, 1.82) is 0 Å². The van der Waals surface area contributed by atoms with Gasteiger partial charge in [0, 0.05) is 12.7 Å². The van der Waals surface area contributed by atoms with Crippen LogP contribution in [0.15, 0.2) is 11.0 Å². The van der Waals surface area contributed by atoms with Gasteiger partial charge in [0.05, 0.1) is 3.57 Å². The number of hydrogen-bond acceptors (Lipinski definition) is 2. The van der Waals surface area contributed by atoms with Gasteiger partial charge in [0.15, 0.2) is 0 Å². The van der Waals surface area contributed by atoms with Crippen molar-refractivity contribution in [3.63, 3.8) is 0 Å². The van der Waals surface area contributed by atoms with Gasteiger partial charge in [-0.15, -0.1) is 0 Å². The van der Waals surface area contributed by atoms with Crippen LogP contribution in [0.1, 0.15) is 26.1 Å². The average Bonchev–Trinajstić information content (AvgIpc) is 2.18. The van der Waals surface area contributed by atoms with Crippen molar-refractivity contribution in [2.24, 2.45) is 5.92 Å². The second-order valence-electron chi connectivity index (χ2n) is 3.58. The number of halogens is 1. The van der Waals surface area contributed by atoms with E-state index in [0.717, 1.165) is 18.8 Å². The van der Waals surface area contributed by atoms with Gasteiger partial charge >= 0.3 is 0 Å². The molecule has 0 aliphatic heterocycles. The van der Waals surface area contributed by atoms with Gasteiger partial charge in [0.2, 0.25) is 0 Å². The Morgan fingerprint density at radius 2 is 2.29 bits per heavy atom. The number of hydrogen-bond donors (Lipinski definition) is 0. The summed E-state index contributed by atoms with van der Waals surface area (Å²) in [4.78, 5) is 15.9. The molecule has 1 atom stereocenters. The Hall–Kier alpha value is -0.390. The van der Waals surface area contributed by atoms with Crippen molar-refractivity contribution < 1.29 is 0 Å². The molecule has 3 nitrogen and oxygen atoms in total. The number of rotatable bonds is 3. The maximum absolute atomic E-state index is 11.8. The van der Waals surface area contributed by atoms with E-state index in [1.165, 1.54) is 0 Å². The molecule has 78 valence electrons. The SMILES string of the molecule is CCC(C)Cn1c(C)ncc(I)c1=O. The molecule has 1 aromatic heterocycles. The van der Waals surface area contributed by atoms with Crippen molar-refractivity contribution >= 4 is 22.6 Å². The average molecular weight is 306 g/mol. The Labute approximate surface area is 97.7 Å². The molecule has 4 heteroatoms. The van der Waals surface area contributed by atoms with Crippen LogP contribution in [0.25, 0.3) is 0 Å². The molecule has 0 N–H and O–H groups in total. The van der Waals surface area contributed by atoms with Gasteiger partial charge in [-0.05, 0) is 35.4 Å². The molecule has 0 aliphatic carbocycles. The lowest BCUT2D eigenvalue weighted by atomic mass is 10.1. The number of nitrogens with zero attached hydrogens (tertiary/aromatic N) is 2. The smallest absolute Gasteiger partial charge is 0.266 e. The van der Waals surface area contributed by atoms with Crippen molar-refractivity contribution in [3.8, 4) is 0 Å². The van der Waals surface area contributed by atoms with Crippen LogP contribution in [0.3, 0.4) is 0 Å². The van der Waals surface area contributed by atoms with Crippen LogP contribution >= 0.6 is 22.6 Å². The van der Waals surface area contributed by atoms with Crippen molar-refractivity contribution in [3.05, 3.63) is 25.9 Å². The second-order valence-corrected chi connectivity index (χ2v) is 4.74. The van der Waals surface area contributed by atoms with E-state index in [1.807, 2.05) is 29.5 Å². The van der Waals surface area contributed by atoms with Crippen LogP contribution < -0.4 is 5.56 Å². The maximum atomic E-state index is 11.8. The van der Waals surface area contributed by atoms with Crippen molar-refractivity contribution in [2.45, 2.75) is 33.7 Å². The van der Waals surface area contributed by atoms with Gasteiger partial charge in [0.1, 0.15) is 5.82 Å². The maximum Gasteiger partial charge on any atom is 0.266 e. The lowest BCUT2D eigenvalue weighted by Gasteiger charge is -2.13. The highest BCUT2D eigenvalue weighted by molar-refractivity contribution is 14.1. The van der Waals surface area contributed by atoms with Crippen LogP contribution in [0.4, 0.5) is 0 Å². The fraction of sp³-hybridized carbons (Fsp3) is 0.600. The first-order chi connectivity index (χ1) is 6.56. The zero-order chi connectivity index (χ0) is 10.7. The summed E-state index contributed by atoms with van der Waals surface area (Å²) in [5, 5.41) is 0. The van der Waals surface area contributed by atoms with E-state index in [9.17, 15) is 4.79 Å². The van der Waals surface area contributed by atoms with E-state index in [-0.39, 0.29) is 5.56 Å². The van der Waals surface area contributed by atoms with Crippen LogP contribution in [0, 0.1) is 16.4 Å². The molecule has 1 unspecified atom stereocenters. The summed E-state index contributed by atoms with van der Waals surface area (Å²) >= 11 is 2.03. The van der Waals surface area contributed by atoms with Gasteiger partial charge in [-0.1, -0.05) is 20.3 Å². The predicted molar refractivity (Wildman–Crippen MR) is 65.4 cm³/mol. The van der Waals surface area contributed by atoms with Crippen LogP contribution in [0.5, 0.6) is 0 Å². The van der Waals surface area contributed by atoms with Gasteiger partial charge in [-0.3, -0.25) is 9.36 Å². The zero-order valence-corrected chi connectivity index (χ0v) is 10.9. The fourth-order valence-electron chi connectivity index (χ4n) is 1.21. The van der Waals surface area contributed by atoms with Gasteiger partial charge < -0.3 is 0 Å². The molecule has 0 saturated carbocycles. The molecule has 0 spiro atoms. The molecule has 0 bridgehead atoms. The summed E-state index contributed by atoms with van der Waals surface area (Å²) < 4.78 is 2.45. The highest BCUT2D eigenvalue weighted by Gasteiger charge is 2.07. The molecule has 0 saturated heterocycles. The molecule has 0 radical (unpaired) electrons. The molecule has 0 amide bonds. The van der Waals surface area contributed by atoms with E-state index in [1.54, 1.807) is 10.8 Å². The van der Waals surface area contributed by atoms with Gasteiger partial charge in [-0.25, -0.2) is 4.98 Å². The lowest BCUT2D eigenvalue weighted by Crippen LogP contribution is -2.27. The Morgan fingerprint density at radius 1 is 1.64 bits per heavy atom. The van der Waals surface area contributed by atoms with Crippen LogP contribution in [0.2, 0.25) is 0 Å². The minimum absolute atomic E-state index is 0.0819. The minimum atomic E-state index is 0.0819. The lowest BCUT2D eigenvalue weighted by molar-refractivity contribution is 0.447. The first-order valence-corrected chi connectivity index (χ1v) is 5.86. The highest BCUT2D eigenvalue weighted by Crippen LogP contribution is 2.05. The molecule has 14 heavy (non-hydrogen) atoms. The summed E-state index contributed by atoms with van der Waals surface area (Å²) in [6.45, 7) is 6.92. The number of aromatic nitrogens is 2. The Kier molecular flexibility index (Phi) is 4.10. The zero-order valence-electron chi connectivity index (χ0n) is 8.75. The Balaban J connectivity index is 3.07. The summed E-state index contributed by atoms with van der Waals surface area (Å²) in [5.41, 5.74) is 0.0819. The fourth-order valence-corrected chi connectivity index (χ4v) is 1.64. The monoisotopic (exact) mass is 306 g/mol. The number of aryl methyl sites for hydroxylation is 1. The Morgan fingerprint density at radius 3 is 2.86 bits per heavy atom. The standard InChI is InChI=1S/C10H15IN2O/c1-4-7(2)6-13-8(3)12-5-9(11)10(13)14/h5,7H,4,6H2,1-3H3. The van der Waals surface area contributed by atoms with Crippen molar-refractivity contribution in [1.82, 2.24) is 9.55 Å². The van der Waals surface area contributed by atoms with Crippen LogP contribution in [-0.4, -0.2) is 9.55 Å². The second kappa shape index (κ2) is 4.91. The first kappa shape index (κ1) is 11.7. The highest BCUT2D eigenvalue weighted by atomic mass is 127. The van der Waals surface area contributed by atoms with E-state index in [4.69, 9.17) is 0 Å². The van der Waals surface area contributed by atoms with E-state index in [2.05, 4.69) is 18.8 Å². The normalized spacial score (nSPS) is 12.9. The summed E-state index contributed by atoms with van der Waals surface area (Å²) in [6, 6.07) is 0. The third-order valence-corrected chi connectivity index (χ3v) is 3.14. The Bertz CT molecular complexity index is 373. The molecule has 0 aliphatic rings. The molecule has 1 heterocycles. The summed E-state index contributed by atoms with van der Waals surface area (Å²) in [5.74, 6) is 1.32. The van der Waals surface area contributed by atoms with E-state index >= 15 is 0 Å². The van der Waals surface area contributed by atoms with E-state index in [0.29, 0.717) is 9.49 Å². The van der Waals surface area contributed by atoms with Crippen molar-refractivity contribution in [2.75, 3.05) is 0 Å². The molecule has 0 aromatic carbocycles. The molecular weight excluding hydrogens is 291 g/mol. The third kappa shape index (κ3) is 2.56. The third-order valence-electron chi connectivity index (χ3n) is 2.40. The summed E-state index contributed by atoms with van der Waals surface area (Å²) in [6.07, 6.45) is 2.71. The largest absolute Gasteiger partial charge is 0.296 e. The van der Waals surface area contributed by atoms with Crippen LogP contribution in [-0.2, 0) is 6.54 Å². The topological polar surface area (TPSA) is 34.9 Å².